The molecule has 1 atom stereocenters. The monoisotopic (exact) mass is 252 g/mol. The van der Waals surface area contributed by atoms with E-state index in [1.807, 2.05) is 16.7 Å². The number of rotatable bonds is 2. The Hall–Kier alpha value is -1.26. The lowest BCUT2D eigenvalue weighted by molar-refractivity contribution is 0.130. The molecule has 1 aliphatic rings. The van der Waals surface area contributed by atoms with Crippen molar-refractivity contribution in [2.45, 2.75) is 31.9 Å². The Kier molecular flexibility index (Phi) is 2.68. The number of hydrogen-bond acceptors (Lipinski definition) is 3. The van der Waals surface area contributed by atoms with E-state index < -0.39 is 0 Å². The number of nitrogens with zero attached hydrogens (tertiary/aromatic N) is 2. The van der Waals surface area contributed by atoms with Crippen molar-refractivity contribution >= 4 is 11.6 Å². The molecule has 0 aliphatic carbocycles. The molecular weight excluding hydrogens is 240 g/mol. The van der Waals surface area contributed by atoms with Gasteiger partial charge in [0.15, 0.2) is 5.15 Å². The van der Waals surface area contributed by atoms with Crippen molar-refractivity contribution in [3.63, 3.8) is 0 Å². The fourth-order valence-corrected chi connectivity index (χ4v) is 2.56. The first-order chi connectivity index (χ1) is 8.24. The fourth-order valence-electron chi connectivity index (χ4n) is 2.27. The van der Waals surface area contributed by atoms with E-state index in [1.54, 1.807) is 6.26 Å². The molecule has 1 aliphatic heterocycles. The summed E-state index contributed by atoms with van der Waals surface area (Å²) in [7, 11) is 0. The van der Waals surface area contributed by atoms with Crippen LogP contribution in [-0.4, -0.2) is 20.8 Å². The SMILES string of the molecule is OC1CCc2c(Cl)nc(Cc3ccco3)n2C1. The molecule has 1 N–H and O–H groups in total. The van der Waals surface area contributed by atoms with Crippen molar-refractivity contribution in [3.05, 3.63) is 40.8 Å². The highest BCUT2D eigenvalue weighted by molar-refractivity contribution is 6.30. The summed E-state index contributed by atoms with van der Waals surface area (Å²) in [6.45, 7) is 0.574. The van der Waals surface area contributed by atoms with Gasteiger partial charge < -0.3 is 14.1 Å². The first kappa shape index (κ1) is 10.9. The summed E-state index contributed by atoms with van der Waals surface area (Å²) in [5.74, 6) is 1.72. The Balaban J connectivity index is 1.95. The van der Waals surface area contributed by atoms with Gasteiger partial charge in [-0.05, 0) is 25.0 Å². The van der Waals surface area contributed by atoms with Gasteiger partial charge in [-0.1, -0.05) is 11.6 Å². The van der Waals surface area contributed by atoms with Crippen molar-refractivity contribution in [3.8, 4) is 0 Å². The van der Waals surface area contributed by atoms with E-state index in [2.05, 4.69) is 4.98 Å². The second-order valence-electron chi connectivity index (χ2n) is 4.32. The zero-order valence-electron chi connectivity index (χ0n) is 9.27. The Morgan fingerprint density at radius 1 is 1.59 bits per heavy atom. The van der Waals surface area contributed by atoms with Gasteiger partial charge in [0.2, 0.25) is 0 Å². The fraction of sp³-hybridized carbons (Fsp3) is 0.417. The number of aromatic nitrogens is 2. The Labute approximate surface area is 104 Å². The number of aliphatic hydroxyl groups excluding tert-OH is 1. The van der Waals surface area contributed by atoms with Gasteiger partial charge in [0.25, 0.3) is 0 Å². The number of furan rings is 1. The molecule has 0 spiro atoms. The lowest BCUT2D eigenvalue weighted by Crippen LogP contribution is -2.25. The highest BCUT2D eigenvalue weighted by Gasteiger charge is 2.23. The van der Waals surface area contributed by atoms with Crippen molar-refractivity contribution in [2.24, 2.45) is 0 Å². The number of aliphatic hydroxyl groups is 1. The van der Waals surface area contributed by atoms with Gasteiger partial charge in [-0.3, -0.25) is 0 Å². The Morgan fingerprint density at radius 2 is 2.47 bits per heavy atom. The van der Waals surface area contributed by atoms with Gasteiger partial charge >= 0.3 is 0 Å². The first-order valence-electron chi connectivity index (χ1n) is 5.68. The average molecular weight is 253 g/mol. The zero-order valence-corrected chi connectivity index (χ0v) is 10.0. The van der Waals surface area contributed by atoms with E-state index in [9.17, 15) is 5.11 Å². The summed E-state index contributed by atoms with van der Waals surface area (Å²) in [4.78, 5) is 4.36. The number of fused-ring (bicyclic) bond motifs is 1. The minimum absolute atomic E-state index is 0.303. The van der Waals surface area contributed by atoms with Crippen molar-refractivity contribution in [1.29, 1.82) is 0 Å². The van der Waals surface area contributed by atoms with Gasteiger partial charge in [-0.15, -0.1) is 0 Å². The van der Waals surface area contributed by atoms with E-state index in [1.165, 1.54) is 0 Å². The number of hydrogen-bond donors (Lipinski definition) is 1. The van der Waals surface area contributed by atoms with Crippen LogP contribution in [0.3, 0.4) is 0 Å². The average Bonchev–Trinajstić information content (AvgIpc) is 2.89. The zero-order chi connectivity index (χ0) is 11.8. The summed E-state index contributed by atoms with van der Waals surface area (Å²) in [6, 6.07) is 3.76. The molecule has 0 radical (unpaired) electrons. The highest BCUT2D eigenvalue weighted by atomic mass is 35.5. The molecule has 5 heteroatoms. The van der Waals surface area contributed by atoms with E-state index in [-0.39, 0.29) is 6.10 Å². The van der Waals surface area contributed by atoms with E-state index in [0.29, 0.717) is 18.1 Å². The quantitative estimate of drug-likeness (QED) is 0.890. The van der Waals surface area contributed by atoms with Crippen LogP contribution in [-0.2, 0) is 19.4 Å². The van der Waals surface area contributed by atoms with E-state index in [0.717, 1.165) is 30.1 Å². The van der Waals surface area contributed by atoms with Gasteiger partial charge in [0.1, 0.15) is 11.6 Å². The van der Waals surface area contributed by atoms with Crippen LogP contribution >= 0.6 is 11.6 Å². The summed E-state index contributed by atoms with van der Waals surface area (Å²) in [5, 5.41) is 10.3. The second-order valence-corrected chi connectivity index (χ2v) is 4.68. The smallest absolute Gasteiger partial charge is 0.150 e. The van der Waals surface area contributed by atoms with Crippen LogP contribution in [0.5, 0.6) is 0 Å². The summed E-state index contributed by atoms with van der Waals surface area (Å²) in [5.41, 5.74) is 1.03. The van der Waals surface area contributed by atoms with Gasteiger partial charge in [-0.25, -0.2) is 4.98 Å². The Morgan fingerprint density at radius 3 is 3.24 bits per heavy atom. The molecular formula is C12H13ClN2O2. The molecule has 0 saturated heterocycles. The molecule has 2 aromatic heterocycles. The number of imidazole rings is 1. The molecule has 0 saturated carbocycles. The van der Waals surface area contributed by atoms with E-state index in [4.69, 9.17) is 16.0 Å². The van der Waals surface area contributed by atoms with E-state index >= 15 is 0 Å². The predicted molar refractivity (Wildman–Crippen MR) is 63.1 cm³/mol. The van der Waals surface area contributed by atoms with Crippen LogP contribution in [0.1, 0.15) is 23.7 Å². The maximum Gasteiger partial charge on any atom is 0.150 e. The minimum Gasteiger partial charge on any atom is -0.469 e. The molecule has 90 valence electrons. The van der Waals surface area contributed by atoms with Crippen LogP contribution in [0.15, 0.2) is 22.8 Å². The second kappa shape index (κ2) is 4.20. The summed E-state index contributed by atoms with van der Waals surface area (Å²) < 4.78 is 7.32. The molecule has 3 rings (SSSR count). The maximum atomic E-state index is 9.70. The normalized spacial score (nSPS) is 19.3. The summed E-state index contributed by atoms with van der Waals surface area (Å²) >= 11 is 6.11. The van der Waals surface area contributed by atoms with Crippen LogP contribution in [0, 0.1) is 0 Å². The minimum atomic E-state index is -0.303. The third-order valence-corrected chi connectivity index (χ3v) is 3.43. The highest BCUT2D eigenvalue weighted by Crippen LogP contribution is 2.25. The maximum absolute atomic E-state index is 9.70. The van der Waals surface area contributed by atoms with Gasteiger partial charge in [0, 0.05) is 0 Å². The van der Waals surface area contributed by atoms with Crippen LogP contribution in [0.4, 0.5) is 0 Å². The molecule has 17 heavy (non-hydrogen) atoms. The first-order valence-corrected chi connectivity index (χ1v) is 6.06. The molecule has 2 aromatic rings. The van der Waals surface area contributed by atoms with Gasteiger partial charge in [-0.2, -0.15) is 0 Å². The molecule has 0 bridgehead atoms. The molecule has 4 nitrogen and oxygen atoms in total. The standard InChI is InChI=1S/C12H13ClN2O2/c13-12-10-4-3-8(16)7-15(10)11(14-12)6-9-2-1-5-17-9/h1-2,5,8,16H,3-4,6-7H2. The van der Waals surface area contributed by atoms with Crippen molar-refractivity contribution in [1.82, 2.24) is 9.55 Å². The Bertz CT molecular complexity index is 519. The molecule has 0 fully saturated rings. The topological polar surface area (TPSA) is 51.2 Å². The van der Waals surface area contributed by atoms with Crippen LogP contribution < -0.4 is 0 Å². The molecule has 3 heterocycles. The lowest BCUT2D eigenvalue weighted by Gasteiger charge is -2.21. The lowest BCUT2D eigenvalue weighted by atomic mass is 10.1. The third-order valence-electron chi connectivity index (χ3n) is 3.12. The third kappa shape index (κ3) is 1.98. The number of halogens is 1. The van der Waals surface area contributed by atoms with Crippen LogP contribution in [0.2, 0.25) is 5.15 Å². The summed E-state index contributed by atoms with van der Waals surface area (Å²) in [6.07, 6.45) is 3.49. The predicted octanol–water partition coefficient (Wildman–Crippen LogP) is 2.03. The molecule has 0 amide bonds. The largest absolute Gasteiger partial charge is 0.469 e. The van der Waals surface area contributed by atoms with Crippen molar-refractivity contribution in [2.75, 3.05) is 0 Å². The van der Waals surface area contributed by atoms with Crippen LogP contribution in [0.25, 0.3) is 0 Å². The molecule has 0 aromatic carbocycles. The van der Waals surface area contributed by atoms with Crippen molar-refractivity contribution < 1.29 is 9.52 Å². The molecule has 1 unspecified atom stereocenters. The van der Waals surface area contributed by atoms with Gasteiger partial charge in [0.05, 0.1) is 31.0 Å².